The fraction of sp³-hybridized carbons (Fsp3) is 0.476. The van der Waals surface area contributed by atoms with E-state index in [0.717, 1.165) is 42.9 Å². The van der Waals surface area contributed by atoms with E-state index in [9.17, 15) is 4.79 Å². The fourth-order valence-corrected chi connectivity index (χ4v) is 4.09. The van der Waals surface area contributed by atoms with Crippen LogP contribution >= 0.6 is 0 Å². The fourth-order valence-electron chi connectivity index (χ4n) is 4.09. The van der Waals surface area contributed by atoms with Crippen molar-refractivity contribution in [1.82, 2.24) is 19.8 Å². The molecule has 5 heteroatoms. The van der Waals surface area contributed by atoms with Crippen LogP contribution in [0.3, 0.4) is 0 Å². The monoisotopic (exact) mass is 350 g/mol. The van der Waals surface area contributed by atoms with Gasteiger partial charge in [0.15, 0.2) is 0 Å². The van der Waals surface area contributed by atoms with Gasteiger partial charge in [-0.1, -0.05) is 6.07 Å². The van der Waals surface area contributed by atoms with Crippen LogP contribution in [0.15, 0.2) is 42.7 Å². The van der Waals surface area contributed by atoms with Gasteiger partial charge in [-0.2, -0.15) is 0 Å². The van der Waals surface area contributed by atoms with Gasteiger partial charge in [-0.3, -0.25) is 19.7 Å². The summed E-state index contributed by atoms with van der Waals surface area (Å²) in [5.41, 5.74) is 3.19. The number of carbonyl (C=O) groups excluding carboxylic acids is 1. The lowest BCUT2D eigenvalue weighted by molar-refractivity contribution is -0.131. The summed E-state index contributed by atoms with van der Waals surface area (Å²) < 4.78 is 0. The van der Waals surface area contributed by atoms with E-state index >= 15 is 0 Å². The Morgan fingerprint density at radius 3 is 2.65 bits per heavy atom. The molecule has 136 valence electrons. The van der Waals surface area contributed by atoms with Gasteiger partial charge in [-0.15, -0.1) is 0 Å². The molecule has 0 spiro atoms. The van der Waals surface area contributed by atoms with Crippen LogP contribution in [-0.2, 0) is 17.8 Å². The third-order valence-electron chi connectivity index (χ3n) is 5.43. The van der Waals surface area contributed by atoms with E-state index in [1.807, 2.05) is 17.0 Å². The molecule has 26 heavy (non-hydrogen) atoms. The minimum absolute atomic E-state index is 0.114. The molecule has 0 aliphatic carbocycles. The Hall–Kier alpha value is -2.27. The van der Waals surface area contributed by atoms with Crippen LogP contribution in [-0.4, -0.2) is 45.3 Å². The molecule has 1 atom stereocenters. The smallest absolute Gasteiger partial charge is 0.227 e. The number of likely N-dealkylation sites (tertiary alicyclic amines) is 2. The van der Waals surface area contributed by atoms with Gasteiger partial charge in [0.25, 0.3) is 0 Å². The Bertz CT molecular complexity index is 743. The topological polar surface area (TPSA) is 49.3 Å². The quantitative estimate of drug-likeness (QED) is 0.832. The van der Waals surface area contributed by atoms with Crippen molar-refractivity contribution in [3.05, 3.63) is 59.7 Å². The van der Waals surface area contributed by atoms with Crippen molar-refractivity contribution < 1.29 is 4.79 Å². The highest BCUT2D eigenvalue weighted by Crippen LogP contribution is 2.31. The van der Waals surface area contributed by atoms with Crippen molar-refractivity contribution >= 4 is 5.91 Å². The Kier molecular flexibility index (Phi) is 5.25. The second kappa shape index (κ2) is 7.96. The van der Waals surface area contributed by atoms with Gasteiger partial charge >= 0.3 is 0 Å². The first kappa shape index (κ1) is 17.2. The van der Waals surface area contributed by atoms with Crippen molar-refractivity contribution in [1.29, 1.82) is 0 Å². The summed E-state index contributed by atoms with van der Waals surface area (Å²) in [5.74, 6) is 0.186. The highest BCUT2D eigenvalue weighted by atomic mass is 16.2. The molecule has 5 nitrogen and oxygen atoms in total. The van der Waals surface area contributed by atoms with Crippen LogP contribution in [0.1, 0.15) is 48.7 Å². The highest BCUT2D eigenvalue weighted by molar-refractivity contribution is 5.79. The van der Waals surface area contributed by atoms with Crippen molar-refractivity contribution in [2.45, 2.75) is 44.7 Å². The van der Waals surface area contributed by atoms with Crippen LogP contribution in [0.25, 0.3) is 0 Å². The van der Waals surface area contributed by atoms with Crippen LogP contribution in [0.5, 0.6) is 0 Å². The Morgan fingerprint density at radius 1 is 1.04 bits per heavy atom. The number of hydrogen-bond acceptors (Lipinski definition) is 4. The van der Waals surface area contributed by atoms with E-state index in [0.29, 0.717) is 6.42 Å². The molecule has 0 radical (unpaired) electrons. The average molecular weight is 350 g/mol. The largest absolute Gasteiger partial charge is 0.334 e. The van der Waals surface area contributed by atoms with Gasteiger partial charge in [0, 0.05) is 25.5 Å². The summed E-state index contributed by atoms with van der Waals surface area (Å²) in [6.07, 6.45) is 8.56. The molecule has 2 aromatic rings. The van der Waals surface area contributed by atoms with Gasteiger partial charge in [-0.05, 0) is 68.6 Å². The zero-order valence-electron chi connectivity index (χ0n) is 15.2. The van der Waals surface area contributed by atoms with Crippen LogP contribution in [0.2, 0.25) is 0 Å². The maximum Gasteiger partial charge on any atom is 0.227 e. The van der Waals surface area contributed by atoms with Gasteiger partial charge in [0.2, 0.25) is 5.91 Å². The van der Waals surface area contributed by atoms with E-state index in [4.69, 9.17) is 4.98 Å². The number of rotatable bonds is 5. The molecule has 0 saturated carbocycles. The number of amides is 1. The predicted octanol–water partition coefficient (Wildman–Crippen LogP) is 2.98. The summed E-state index contributed by atoms with van der Waals surface area (Å²) >= 11 is 0. The van der Waals surface area contributed by atoms with E-state index < -0.39 is 0 Å². The Morgan fingerprint density at radius 2 is 1.85 bits per heavy atom. The zero-order valence-corrected chi connectivity index (χ0v) is 15.2. The van der Waals surface area contributed by atoms with Gasteiger partial charge < -0.3 is 4.90 Å². The SMILES string of the molecule is O=C(Cc1ccncc1)N1CCC[C@@H]1c1cccc(CN2CCCC2)n1. The second-order valence-corrected chi connectivity index (χ2v) is 7.31. The van der Waals surface area contributed by atoms with E-state index in [2.05, 4.69) is 28.1 Å². The molecular weight excluding hydrogens is 324 g/mol. The third-order valence-corrected chi connectivity index (χ3v) is 5.43. The first-order valence-electron chi connectivity index (χ1n) is 9.66. The van der Waals surface area contributed by atoms with Crippen molar-refractivity contribution in [3.63, 3.8) is 0 Å². The lowest BCUT2D eigenvalue weighted by Gasteiger charge is -2.25. The molecule has 0 aromatic carbocycles. The highest BCUT2D eigenvalue weighted by Gasteiger charge is 2.31. The molecule has 2 aromatic heterocycles. The van der Waals surface area contributed by atoms with E-state index in [-0.39, 0.29) is 11.9 Å². The van der Waals surface area contributed by atoms with Gasteiger partial charge in [-0.25, -0.2) is 0 Å². The minimum Gasteiger partial charge on any atom is -0.334 e. The standard InChI is InChI=1S/C21H26N4O/c26-21(15-17-8-10-22-11-9-17)25-14-4-7-20(25)19-6-3-5-18(23-19)16-24-12-1-2-13-24/h3,5-6,8-11,20H,1-2,4,7,12-16H2/t20-/m1/s1. The van der Waals surface area contributed by atoms with E-state index in [1.165, 1.54) is 25.9 Å². The summed E-state index contributed by atoms with van der Waals surface area (Å²) in [7, 11) is 0. The van der Waals surface area contributed by atoms with Crippen LogP contribution in [0.4, 0.5) is 0 Å². The lowest BCUT2D eigenvalue weighted by Crippen LogP contribution is -2.32. The van der Waals surface area contributed by atoms with Crippen molar-refractivity contribution in [2.24, 2.45) is 0 Å². The number of pyridine rings is 2. The molecule has 0 N–H and O–H groups in total. The molecule has 4 heterocycles. The summed E-state index contributed by atoms with van der Waals surface area (Å²) in [6, 6.07) is 10.2. The van der Waals surface area contributed by atoms with Crippen molar-refractivity contribution in [2.75, 3.05) is 19.6 Å². The first-order valence-corrected chi connectivity index (χ1v) is 9.66. The molecule has 0 bridgehead atoms. The molecule has 2 aliphatic rings. The van der Waals surface area contributed by atoms with Crippen LogP contribution < -0.4 is 0 Å². The second-order valence-electron chi connectivity index (χ2n) is 7.31. The number of nitrogens with zero attached hydrogens (tertiary/aromatic N) is 4. The lowest BCUT2D eigenvalue weighted by atomic mass is 10.1. The molecule has 0 unspecified atom stereocenters. The number of hydrogen-bond donors (Lipinski definition) is 0. The summed E-state index contributed by atoms with van der Waals surface area (Å²) in [6.45, 7) is 4.09. The van der Waals surface area contributed by atoms with E-state index in [1.54, 1.807) is 12.4 Å². The maximum atomic E-state index is 12.8. The van der Waals surface area contributed by atoms with Crippen LogP contribution in [0, 0.1) is 0 Å². The molecule has 2 fully saturated rings. The van der Waals surface area contributed by atoms with Gasteiger partial charge in [0.05, 0.1) is 23.9 Å². The average Bonchev–Trinajstić information content (AvgIpc) is 3.34. The Labute approximate surface area is 155 Å². The normalized spacial score (nSPS) is 20.6. The first-order chi connectivity index (χ1) is 12.8. The number of carbonyl (C=O) groups is 1. The van der Waals surface area contributed by atoms with Crippen molar-refractivity contribution in [3.8, 4) is 0 Å². The minimum atomic E-state index is 0.114. The Balaban J connectivity index is 1.46. The molecule has 1 amide bonds. The zero-order chi connectivity index (χ0) is 17.8. The summed E-state index contributed by atoms with van der Waals surface area (Å²) in [4.78, 5) is 26.3. The summed E-state index contributed by atoms with van der Waals surface area (Å²) in [5, 5.41) is 0. The molecule has 2 aliphatic heterocycles. The maximum absolute atomic E-state index is 12.8. The van der Waals surface area contributed by atoms with Gasteiger partial charge in [0.1, 0.15) is 0 Å². The predicted molar refractivity (Wildman–Crippen MR) is 100 cm³/mol. The molecule has 4 rings (SSSR count). The third kappa shape index (κ3) is 3.93. The molecule has 2 saturated heterocycles. The molecular formula is C21H26N4O. The number of aromatic nitrogens is 2.